The van der Waals surface area contributed by atoms with E-state index in [1.165, 1.54) is 36.4 Å². The van der Waals surface area contributed by atoms with Gasteiger partial charge in [-0.15, -0.1) is 0 Å². The lowest BCUT2D eigenvalue weighted by Gasteiger charge is -2.18. The van der Waals surface area contributed by atoms with E-state index in [4.69, 9.17) is 0 Å². The van der Waals surface area contributed by atoms with Crippen molar-refractivity contribution in [2.45, 2.75) is 0 Å². The third kappa shape index (κ3) is 3.33. The number of fused-ring (bicyclic) bond motifs is 12. The minimum Gasteiger partial charge on any atom is -0.207 e. The van der Waals surface area contributed by atoms with Crippen LogP contribution in [0.15, 0.2) is 71.3 Å². The third-order valence-electron chi connectivity index (χ3n) is 8.23. The zero-order chi connectivity index (χ0) is 31.7. The van der Waals surface area contributed by atoms with Crippen molar-refractivity contribution in [1.29, 1.82) is 31.6 Å². The first kappa shape index (κ1) is 26.7. The Morgan fingerprint density at radius 2 is 0.600 bits per heavy atom. The molecule has 204 valence electrons. The monoisotopic (exact) mass is 582 g/mol. The van der Waals surface area contributed by atoms with Crippen LogP contribution < -0.4 is 0 Å². The van der Waals surface area contributed by atoms with Gasteiger partial charge in [-0.1, -0.05) is 18.2 Å². The Balaban J connectivity index is 1.88. The van der Waals surface area contributed by atoms with E-state index in [2.05, 4.69) is 0 Å². The molecule has 0 aliphatic heterocycles. The van der Waals surface area contributed by atoms with Gasteiger partial charge < -0.3 is 0 Å². The molecule has 0 unspecified atom stereocenters. The summed E-state index contributed by atoms with van der Waals surface area (Å²) in [5, 5.41) is 60.5. The first-order valence-corrected chi connectivity index (χ1v) is 13.1. The Kier molecular flexibility index (Phi) is 5.59. The molecular weight excluding hydrogens is 573 g/mol. The van der Waals surface area contributed by atoms with Gasteiger partial charge in [0.25, 0.3) is 0 Å². The molecule has 0 radical (unpaired) electrons. The predicted octanol–water partition coefficient (Wildman–Crippen LogP) is 7.59. The molecule has 0 N–H and O–H groups in total. The minimum atomic E-state index is -0.669. The van der Waals surface area contributed by atoms with Gasteiger partial charge in [-0.05, 0) is 86.5 Å². The number of rotatable bonds is 0. The van der Waals surface area contributed by atoms with Crippen LogP contribution in [0.4, 0.5) is 13.2 Å². The summed E-state index contributed by atoms with van der Waals surface area (Å²) in [6.45, 7) is 0. The van der Waals surface area contributed by atoms with Gasteiger partial charge in [0.15, 0.2) is 0 Å². The van der Waals surface area contributed by atoms with Crippen molar-refractivity contribution < 1.29 is 13.2 Å². The van der Waals surface area contributed by atoms with E-state index in [9.17, 15) is 44.7 Å². The number of benzene rings is 4. The topological polar surface area (TPSA) is 143 Å². The van der Waals surface area contributed by atoms with Crippen molar-refractivity contribution in [2.24, 2.45) is 0 Å². The van der Waals surface area contributed by atoms with E-state index in [0.29, 0.717) is 33.4 Å². The van der Waals surface area contributed by atoms with E-state index in [1.807, 2.05) is 36.4 Å². The van der Waals surface area contributed by atoms with E-state index in [-0.39, 0.29) is 66.8 Å². The summed E-state index contributed by atoms with van der Waals surface area (Å²) >= 11 is 0. The number of hydrogen-bond donors (Lipinski definition) is 0. The maximum Gasteiger partial charge on any atom is 0.138 e. The van der Waals surface area contributed by atoms with E-state index >= 15 is 0 Å². The molecule has 0 fully saturated rings. The summed E-state index contributed by atoms with van der Waals surface area (Å²) in [4.78, 5) is 0. The average molecular weight is 583 g/mol. The summed E-state index contributed by atoms with van der Waals surface area (Å²) in [5.74, 6) is -2.01. The van der Waals surface area contributed by atoms with Gasteiger partial charge in [-0.3, -0.25) is 0 Å². The van der Waals surface area contributed by atoms with Crippen molar-refractivity contribution in [2.75, 3.05) is 0 Å². The molecule has 45 heavy (non-hydrogen) atoms. The fraction of sp³-hybridized carbons (Fsp3) is 0. The summed E-state index contributed by atoms with van der Waals surface area (Å²) in [5.41, 5.74) is 2.36. The third-order valence-corrected chi connectivity index (χ3v) is 8.23. The summed E-state index contributed by atoms with van der Waals surface area (Å²) in [6, 6.07) is 22.6. The molecule has 9 heteroatoms. The Hall–Kier alpha value is -7.17. The highest BCUT2D eigenvalue weighted by Gasteiger charge is 2.45. The Morgan fingerprint density at radius 1 is 0.356 bits per heavy atom. The van der Waals surface area contributed by atoms with Crippen LogP contribution in [-0.2, 0) is 0 Å². The second-order valence-electron chi connectivity index (χ2n) is 10.2. The summed E-state index contributed by atoms with van der Waals surface area (Å²) in [6.07, 6.45) is 0. The highest BCUT2D eigenvalue weighted by Crippen LogP contribution is 2.64. The highest BCUT2D eigenvalue weighted by atomic mass is 19.1. The number of nitriles is 6. The van der Waals surface area contributed by atoms with Crippen molar-refractivity contribution >= 4 is 16.7 Å². The summed E-state index contributed by atoms with van der Waals surface area (Å²) < 4.78 is 44.5. The number of nitrogens with zero attached hydrogens (tertiary/aromatic N) is 6. The van der Waals surface area contributed by atoms with Gasteiger partial charge in [0.1, 0.15) is 70.6 Å². The van der Waals surface area contributed by atoms with E-state index in [0.717, 1.165) is 18.2 Å². The molecule has 3 aliphatic carbocycles. The molecule has 0 bridgehead atoms. The quantitative estimate of drug-likeness (QED) is 0.169. The fourth-order valence-electron chi connectivity index (χ4n) is 6.73. The van der Waals surface area contributed by atoms with Crippen molar-refractivity contribution in [3.05, 3.63) is 122 Å². The number of hydrogen-bond acceptors (Lipinski definition) is 6. The Labute approximate surface area is 253 Å². The molecule has 6 nitrogen and oxygen atoms in total. The maximum absolute atomic E-state index is 14.8. The molecule has 0 saturated heterocycles. The molecule has 4 aromatic carbocycles. The SMILES string of the molecule is N#CC(C#N)=C1c2cc(F)ccc2-c2c1c1c(c3c2C(=C(C#N)C#N)c2cc(F)ccc2-3)C(=C(C#N)C#N)c2cc(F)ccc2-1. The molecule has 0 heterocycles. The van der Waals surface area contributed by atoms with Crippen LogP contribution in [0.2, 0.25) is 0 Å². The van der Waals surface area contributed by atoms with Crippen LogP contribution in [0.1, 0.15) is 33.4 Å². The fourth-order valence-corrected chi connectivity index (χ4v) is 6.73. The highest BCUT2D eigenvalue weighted by molar-refractivity contribution is 6.24. The van der Waals surface area contributed by atoms with Gasteiger partial charge >= 0.3 is 0 Å². The molecule has 4 aromatic rings. The second kappa shape index (κ2) is 9.42. The van der Waals surface area contributed by atoms with Crippen molar-refractivity contribution in [3.63, 3.8) is 0 Å². The minimum absolute atomic E-state index is 0.0486. The van der Waals surface area contributed by atoms with E-state index in [1.54, 1.807) is 0 Å². The Bertz CT molecular complexity index is 2180. The second-order valence-corrected chi connectivity index (χ2v) is 10.2. The van der Waals surface area contributed by atoms with Crippen molar-refractivity contribution in [3.8, 4) is 69.8 Å². The van der Waals surface area contributed by atoms with Crippen LogP contribution in [0.5, 0.6) is 0 Å². The van der Waals surface area contributed by atoms with Crippen LogP contribution >= 0.6 is 0 Å². The van der Waals surface area contributed by atoms with E-state index < -0.39 is 17.5 Å². The van der Waals surface area contributed by atoms with Gasteiger partial charge in [-0.25, -0.2) is 13.2 Å². The first-order chi connectivity index (χ1) is 21.8. The lowest BCUT2D eigenvalue weighted by atomic mass is 9.82. The first-order valence-electron chi connectivity index (χ1n) is 13.1. The lowest BCUT2D eigenvalue weighted by Crippen LogP contribution is -1.99. The molecular formula is C36H9F3N6. The summed E-state index contributed by atoms with van der Waals surface area (Å²) in [7, 11) is 0. The Morgan fingerprint density at radius 3 is 0.822 bits per heavy atom. The molecule has 0 atom stereocenters. The number of allylic oxidation sites excluding steroid dienone is 3. The smallest absolute Gasteiger partial charge is 0.138 e. The zero-order valence-corrected chi connectivity index (χ0v) is 22.5. The standard InChI is InChI=1S/C36H9F3N6/c37-19-1-4-22-25(7-19)28(16(10-40)11-41)34-31(22)35-29(17(12-42)13-43)26-8-20(38)2-5-23(26)33(35)36-30(18(14-44)15-45)27-9-21(39)3-6-24(27)32(34)36/h1-9H. The number of halogens is 3. The normalized spacial score (nSPS) is 12.1. The molecule has 0 amide bonds. The van der Waals surface area contributed by atoms with Crippen LogP contribution in [0.25, 0.3) is 50.1 Å². The van der Waals surface area contributed by atoms with Gasteiger partial charge in [0.2, 0.25) is 0 Å². The largest absolute Gasteiger partial charge is 0.207 e. The van der Waals surface area contributed by atoms with Gasteiger partial charge in [0, 0.05) is 33.4 Å². The molecule has 0 saturated carbocycles. The van der Waals surface area contributed by atoms with Crippen molar-refractivity contribution in [1.82, 2.24) is 0 Å². The van der Waals surface area contributed by atoms with Gasteiger partial charge in [-0.2, -0.15) is 31.6 Å². The average Bonchev–Trinajstić information content (AvgIpc) is 3.65. The maximum atomic E-state index is 14.8. The molecule has 0 spiro atoms. The molecule has 3 aliphatic rings. The molecule has 7 rings (SSSR count). The predicted molar refractivity (Wildman–Crippen MR) is 154 cm³/mol. The van der Waals surface area contributed by atoms with Crippen LogP contribution in [0, 0.1) is 85.4 Å². The molecule has 0 aromatic heterocycles. The lowest BCUT2D eigenvalue weighted by molar-refractivity contribution is 0.627. The van der Waals surface area contributed by atoms with Crippen LogP contribution in [0.3, 0.4) is 0 Å². The van der Waals surface area contributed by atoms with Crippen LogP contribution in [-0.4, -0.2) is 0 Å². The zero-order valence-electron chi connectivity index (χ0n) is 22.5. The van der Waals surface area contributed by atoms with Gasteiger partial charge in [0.05, 0.1) is 0 Å².